The summed E-state index contributed by atoms with van der Waals surface area (Å²) in [4.78, 5) is 5.20. The van der Waals surface area contributed by atoms with E-state index in [2.05, 4.69) is 42.0 Å². The lowest BCUT2D eigenvalue weighted by atomic mass is 9.79. The van der Waals surface area contributed by atoms with E-state index in [1.54, 1.807) is 0 Å². The van der Waals surface area contributed by atoms with E-state index >= 15 is 0 Å². The summed E-state index contributed by atoms with van der Waals surface area (Å²) < 4.78 is 0. The molecule has 4 nitrogen and oxygen atoms in total. The molecule has 1 saturated carbocycles. The topological polar surface area (TPSA) is 42.3 Å². The highest BCUT2D eigenvalue weighted by atomic mass is 15.3. The second kappa shape index (κ2) is 6.89. The van der Waals surface area contributed by atoms with Crippen molar-refractivity contribution in [3.05, 3.63) is 0 Å². The van der Waals surface area contributed by atoms with Crippen LogP contribution in [0.2, 0.25) is 0 Å². The molecule has 0 bridgehead atoms. The van der Waals surface area contributed by atoms with Crippen LogP contribution in [0.1, 0.15) is 46.5 Å². The van der Waals surface area contributed by atoms with Crippen molar-refractivity contribution in [2.45, 2.75) is 64.1 Å². The van der Waals surface area contributed by atoms with Crippen LogP contribution in [-0.4, -0.2) is 60.1 Å². The molecule has 1 aliphatic heterocycles. The third kappa shape index (κ3) is 3.33. The first kappa shape index (κ1) is 15.8. The van der Waals surface area contributed by atoms with Gasteiger partial charge >= 0.3 is 0 Å². The monoisotopic (exact) mass is 278 g/mol. The molecule has 1 aliphatic carbocycles. The molecule has 2 aliphatic rings. The Morgan fingerprint density at radius 2 is 2.15 bits per heavy atom. The number of nitrogens with one attached hydrogen (secondary N) is 1. The summed E-state index contributed by atoms with van der Waals surface area (Å²) in [6, 6.07) is 3.80. The SMILES string of the molecule is CCNC1(C#N)CCCC(N2CCN(CC)C(C)C2)C1. The van der Waals surface area contributed by atoms with Crippen molar-refractivity contribution in [2.75, 3.05) is 32.7 Å². The Balaban J connectivity index is 1.98. The van der Waals surface area contributed by atoms with E-state index < -0.39 is 0 Å². The van der Waals surface area contributed by atoms with Crippen molar-refractivity contribution in [3.8, 4) is 6.07 Å². The van der Waals surface area contributed by atoms with Crippen LogP contribution in [0.4, 0.5) is 0 Å². The molecule has 1 N–H and O–H groups in total. The van der Waals surface area contributed by atoms with Crippen LogP contribution in [-0.2, 0) is 0 Å². The average molecular weight is 278 g/mol. The van der Waals surface area contributed by atoms with Crippen molar-refractivity contribution >= 4 is 0 Å². The van der Waals surface area contributed by atoms with Crippen molar-refractivity contribution in [1.82, 2.24) is 15.1 Å². The molecule has 1 saturated heterocycles. The van der Waals surface area contributed by atoms with E-state index in [4.69, 9.17) is 0 Å². The first-order valence-corrected chi connectivity index (χ1v) is 8.28. The highest BCUT2D eigenvalue weighted by Gasteiger charge is 2.39. The van der Waals surface area contributed by atoms with E-state index in [1.165, 1.54) is 19.4 Å². The maximum atomic E-state index is 9.58. The van der Waals surface area contributed by atoms with Gasteiger partial charge < -0.3 is 0 Å². The van der Waals surface area contributed by atoms with E-state index in [-0.39, 0.29) is 5.54 Å². The maximum absolute atomic E-state index is 9.58. The number of likely N-dealkylation sites (N-methyl/N-ethyl adjacent to an activating group) is 1. The molecule has 114 valence electrons. The van der Waals surface area contributed by atoms with E-state index in [1.807, 2.05) is 0 Å². The van der Waals surface area contributed by atoms with Gasteiger partial charge in [0.05, 0.1) is 6.07 Å². The van der Waals surface area contributed by atoms with Crippen molar-refractivity contribution < 1.29 is 0 Å². The van der Waals surface area contributed by atoms with Crippen molar-refractivity contribution in [1.29, 1.82) is 5.26 Å². The van der Waals surface area contributed by atoms with E-state index in [0.29, 0.717) is 12.1 Å². The Morgan fingerprint density at radius 3 is 2.75 bits per heavy atom. The fourth-order valence-corrected chi connectivity index (χ4v) is 4.02. The molecule has 0 radical (unpaired) electrons. The van der Waals surface area contributed by atoms with Gasteiger partial charge in [-0.2, -0.15) is 5.26 Å². The van der Waals surface area contributed by atoms with Crippen LogP contribution in [0.15, 0.2) is 0 Å². The summed E-state index contributed by atoms with van der Waals surface area (Å²) in [5, 5.41) is 13.0. The van der Waals surface area contributed by atoms with Crippen LogP contribution < -0.4 is 5.32 Å². The molecule has 3 atom stereocenters. The highest BCUT2D eigenvalue weighted by Crippen LogP contribution is 2.32. The second-order valence-corrected chi connectivity index (χ2v) is 6.45. The standard InChI is InChI=1S/C16H30N4/c1-4-18-16(13-17)8-6-7-15(11-16)20-10-9-19(5-2)14(3)12-20/h14-15,18H,4-12H2,1-3H3. The highest BCUT2D eigenvalue weighted by molar-refractivity contribution is 5.11. The van der Waals surface area contributed by atoms with Gasteiger partial charge in [-0.3, -0.25) is 15.1 Å². The summed E-state index contributed by atoms with van der Waals surface area (Å²) in [5.74, 6) is 0. The minimum Gasteiger partial charge on any atom is -0.300 e. The summed E-state index contributed by atoms with van der Waals surface area (Å²) in [6.45, 7) is 12.2. The normalized spacial score (nSPS) is 36.7. The summed E-state index contributed by atoms with van der Waals surface area (Å²) in [7, 11) is 0. The molecule has 0 aromatic heterocycles. The second-order valence-electron chi connectivity index (χ2n) is 6.45. The quantitative estimate of drug-likeness (QED) is 0.852. The average Bonchev–Trinajstić information content (AvgIpc) is 2.47. The smallest absolute Gasteiger partial charge is 0.108 e. The first-order chi connectivity index (χ1) is 9.64. The number of nitriles is 1. The van der Waals surface area contributed by atoms with Gasteiger partial charge in [-0.25, -0.2) is 0 Å². The Labute approximate surface area is 124 Å². The van der Waals surface area contributed by atoms with Gasteiger partial charge in [0.2, 0.25) is 0 Å². The summed E-state index contributed by atoms with van der Waals surface area (Å²) in [5.41, 5.74) is -0.275. The predicted molar refractivity (Wildman–Crippen MR) is 82.6 cm³/mol. The van der Waals surface area contributed by atoms with E-state index in [9.17, 15) is 5.26 Å². The Bertz CT molecular complexity index is 347. The van der Waals surface area contributed by atoms with Gasteiger partial charge in [0.1, 0.15) is 5.54 Å². The van der Waals surface area contributed by atoms with Crippen LogP contribution in [0.3, 0.4) is 0 Å². The van der Waals surface area contributed by atoms with Crippen molar-refractivity contribution in [3.63, 3.8) is 0 Å². The van der Waals surface area contributed by atoms with Crippen LogP contribution in [0.5, 0.6) is 0 Å². The minimum atomic E-state index is -0.275. The van der Waals surface area contributed by atoms with Gasteiger partial charge in [-0.05, 0) is 45.7 Å². The largest absolute Gasteiger partial charge is 0.300 e. The molecule has 3 unspecified atom stereocenters. The molecule has 0 aromatic carbocycles. The van der Waals surface area contributed by atoms with Gasteiger partial charge in [0, 0.05) is 31.7 Å². The van der Waals surface area contributed by atoms with Gasteiger partial charge in [-0.15, -0.1) is 0 Å². The third-order valence-electron chi connectivity index (χ3n) is 5.17. The number of hydrogen-bond donors (Lipinski definition) is 1. The predicted octanol–water partition coefficient (Wildman–Crippen LogP) is 1.83. The zero-order chi connectivity index (χ0) is 14.6. The molecule has 0 aromatic rings. The molecular weight excluding hydrogens is 248 g/mol. The fourth-order valence-electron chi connectivity index (χ4n) is 4.02. The molecule has 2 fully saturated rings. The number of nitrogens with zero attached hydrogens (tertiary/aromatic N) is 3. The Morgan fingerprint density at radius 1 is 1.35 bits per heavy atom. The summed E-state index contributed by atoms with van der Waals surface area (Å²) in [6.07, 6.45) is 4.44. The lowest BCUT2D eigenvalue weighted by Crippen LogP contribution is -2.58. The molecule has 0 spiro atoms. The van der Waals surface area contributed by atoms with Crippen LogP contribution in [0, 0.1) is 11.3 Å². The van der Waals surface area contributed by atoms with Gasteiger partial charge in [0.15, 0.2) is 0 Å². The van der Waals surface area contributed by atoms with E-state index in [0.717, 1.165) is 39.0 Å². The molecule has 4 heteroatoms. The first-order valence-electron chi connectivity index (χ1n) is 8.28. The minimum absolute atomic E-state index is 0.275. The molecule has 2 rings (SSSR count). The zero-order valence-electron chi connectivity index (χ0n) is 13.4. The Kier molecular flexibility index (Phi) is 5.42. The third-order valence-corrected chi connectivity index (χ3v) is 5.17. The number of piperazine rings is 1. The van der Waals surface area contributed by atoms with Gasteiger partial charge in [0.25, 0.3) is 0 Å². The maximum Gasteiger partial charge on any atom is 0.108 e. The van der Waals surface area contributed by atoms with Gasteiger partial charge in [-0.1, -0.05) is 13.8 Å². The summed E-state index contributed by atoms with van der Waals surface area (Å²) >= 11 is 0. The van der Waals surface area contributed by atoms with Crippen LogP contribution >= 0.6 is 0 Å². The van der Waals surface area contributed by atoms with Crippen molar-refractivity contribution in [2.24, 2.45) is 0 Å². The lowest BCUT2D eigenvalue weighted by molar-refractivity contribution is 0.0351. The molecular formula is C16H30N4. The molecule has 1 heterocycles. The van der Waals surface area contributed by atoms with Crippen LogP contribution in [0.25, 0.3) is 0 Å². The number of rotatable bonds is 4. The fraction of sp³-hybridized carbons (Fsp3) is 0.938. The zero-order valence-corrected chi connectivity index (χ0v) is 13.4. The molecule has 0 amide bonds. The lowest BCUT2D eigenvalue weighted by Gasteiger charge is -2.47. The Hall–Kier alpha value is -0.630. The molecule has 20 heavy (non-hydrogen) atoms. The number of hydrogen-bond acceptors (Lipinski definition) is 4.